The van der Waals surface area contributed by atoms with E-state index in [1.54, 1.807) is 22.3 Å². The van der Waals surface area contributed by atoms with Crippen molar-refractivity contribution in [1.82, 2.24) is 17.5 Å². The van der Waals surface area contributed by atoms with Crippen LogP contribution in [-0.4, -0.2) is 17.5 Å². The summed E-state index contributed by atoms with van der Waals surface area (Å²) >= 11 is 2.90. The highest BCUT2D eigenvalue weighted by Crippen LogP contribution is 2.63. The van der Waals surface area contributed by atoms with Crippen molar-refractivity contribution in [2.24, 2.45) is 0 Å². The van der Waals surface area contributed by atoms with E-state index in [-0.39, 0.29) is 10.8 Å². The smallest absolute Gasteiger partial charge is 0.113 e. The van der Waals surface area contributed by atoms with E-state index in [1.165, 1.54) is 530 Å². The molecule has 7 rings (SSSR count). The lowest BCUT2D eigenvalue weighted by atomic mass is 9.68. The normalized spacial score (nSPS) is 13.5. The van der Waals surface area contributed by atoms with Gasteiger partial charge in [0.1, 0.15) is 22.1 Å². The molecule has 0 N–H and O–H groups in total. The van der Waals surface area contributed by atoms with E-state index in [9.17, 15) is 0 Å². The molecule has 104 heavy (non-hydrogen) atoms. The number of aromatic nitrogens is 4. The first-order valence-electron chi connectivity index (χ1n) is 47.2. The van der Waals surface area contributed by atoms with E-state index in [2.05, 4.69) is 65.8 Å². The molecular weight excluding hydrogens is 1300 g/mol. The van der Waals surface area contributed by atoms with Crippen molar-refractivity contribution in [1.29, 1.82) is 0 Å². The van der Waals surface area contributed by atoms with Gasteiger partial charge in [0.25, 0.3) is 0 Å². The Morgan fingerprint density at radius 3 is 0.548 bits per heavy atom. The fraction of sp³-hybridized carbons (Fsp3) is 0.816. The number of rotatable bonds is 72. The molecule has 2 aromatic heterocycles. The van der Waals surface area contributed by atoms with Crippen molar-refractivity contribution in [3.63, 3.8) is 0 Å². The predicted molar refractivity (Wildman–Crippen MR) is 465 cm³/mol. The molecule has 6 heteroatoms. The molecule has 0 amide bonds. The Morgan fingerprint density at radius 2 is 0.365 bits per heavy atom. The van der Waals surface area contributed by atoms with Gasteiger partial charge in [0.2, 0.25) is 0 Å². The zero-order valence-corrected chi connectivity index (χ0v) is 71.5. The van der Waals surface area contributed by atoms with Gasteiger partial charge < -0.3 is 0 Å². The molecule has 0 radical (unpaired) electrons. The molecule has 4 nitrogen and oxygen atoms in total. The molecule has 0 saturated carbocycles. The number of fused-ring (bicyclic) bond motifs is 10. The lowest BCUT2D eigenvalue weighted by Gasteiger charge is -2.35. The molecule has 2 aliphatic rings. The molecule has 0 unspecified atom stereocenters. The van der Waals surface area contributed by atoms with E-state index in [0.717, 1.165) is 11.0 Å². The Hall–Kier alpha value is -2.70. The first-order chi connectivity index (χ1) is 51.5. The minimum Gasteiger partial charge on any atom is -0.173 e. The number of benzene rings is 3. The lowest BCUT2D eigenvalue weighted by Crippen LogP contribution is -2.27. The van der Waals surface area contributed by atoms with Crippen LogP contribution in [0.5, 0.6) is 0 Å². The van der Waals surface area contributed by atoms with Crippen LogP contribution in [0.2, 0.25) is 0 Å². The third-order valence-corrected chi connectivity index (χ3v) is 27.1. The molecule has 2 heterocycles. The van der Waals surface area contributed by atoms with Gasteiger partial charge in [-0.1, -0.05) is 476 Å². The van der Waals surface area contributed by atoms with Crippen LogP contribution in [0, 0.1) is 13.8 Å². The zero-order valence-electron chi connectivity index (χ0n) is 69.8. The summed E-state index contributed by atoms with van der Waals surface area (Å²) in [7, 11) is 0. The maximum atomic E-state index is 5.36. The molecule has 5 aromatic rings. The highest BCUT2D eigenvalue weighted by molar-refractivity contribution is 7.00. The van der Waals surface area contributed by atoms with Crippen LogP contribution in [-0.2, 0) is 10.8 Å². The van der Waals surface area contributed by atoms with Crippen LogP contribution in [0.1, 0.15) is 523 Å². The van der Waals surface area contributed by atoms with Crippen molar-refractivity contribution < 1.29 is 0 Å². The average molecular weight is 1460 g/mol. The van der Waals surface area contributed by atoms with Crippen LogP contribution in [0.25, 0.3) is 44.3 Å². The van der Waals surface area contributed by atoms with Gasteiger partial charge in [-0.05, 0) is 96.2 Å². The second-order valence-electron chi connectivity index (χ2n) is 34.9. The molecular formula is C98H166N4S2. The molecule has 590 valence electrons. The lowest BCUT2D eigenvalue weighted by molar-refractivity contribution is 0.393. The summed E-state index contributed by atoms with van der Waals surface area (Å²) in [4.78, 5) is 0. The second-order valence-corrected chi connectivity index (χ2v) is 35.9. The Kier molecular flexibility index (Phi) is 47.4. The molecule has 0 bridgehead atoms. The fourth-order valence-electron chi connectivity index (χ4n) is 19.5. The van der Waals surface area contributed by atoms with Crippen LogP contribution in [0.15, 0.2) is 24.3 Å². The van der Waals surface area contributed by atoms with E-state index < -0.39 is 0 Å². The van der Waals surface area contributed by atoms with Gasteiger partial charge in [0.15, 0.2) is 0 Å². The van der Waals surface area contributed by atoms with Gasteiger partial charge in [-0.3, -0.25) is 0 Å². The Labute approximate surface area is 653 Å². The van der Waals surface area contributed by atoms with Gasteiger partial charge >= 0.3 is 0 Å². The summed E-state index contributed by atoms with van der Waals surface area (Å²) in [6, 6.07) is 11.0. The van der Waals surface area contributed by atoms with E-state index in [0.29, 0.717) is 0 Å². The molecule has 0 atom stereocenters. The highest BCUT2D eigenvalue weighted by Gasteiger charge is 2.49. The fourth-order valence-corrected chi connectivity index (χ4v) is 20.7. The Balaban J connectivity index is 1.08. The van der Waals surface area contributed by atoms with Crippen molar-refractivity contribution in [2.45, 2.75) is 515 Å². The Bertz CT molecular complexity index is 2660. The second kappa shape index (κ2) is 55.7. The number of nitrogens with zero attached hydrogens (tertiary/aromatic N) is 4. The predicted octanol–water partition coefficient (Wildman–Crippen LogP) is 35.0. The SMILES string of the molecule is CCCCCCCCCCCCCCCCCCCC1(CCCCCCCCCCCCCCCCCCC)c2cc3c(cc2-c2c1cc(C)c1nsnc21)C(CCCCCCCCCCCCCCCCCCC)(CCCCCCCCCCCCCCCCCCC)c1cc(C)c2nsnc2c1-3. The quantitative estimate of drug-likeness (QED) is 0.0364. The standard InChI is InChI=1S/C98H166N4S2/c1-7-11-15-19-23-27-31-35-39-43-47-51-55-59-63-67-71-75-97(76-72-68-64-60-56-52-48-44-40-36-32-28-24-20-16-12-8-2)87-81-86-88(82-85(87)91-89(97)79-83(5)93-95(91)101-103-99-93)98(90-80-84(6)94-96(92(86)90)102-104-100-94,77-73-69-65-61-57-53-49-45-41-37-33-29-25-21-17-13-9-3)78-74-70-66-62-58-54-50-46-42-38-34-30-26-22-18-14-10-4/h79-82H,7-78H2,1-6H3. The third-order valence-electron chi connectivity index (χ3n) is 26.0. The first-order valence-corrected chi connectivity index (χ1v) is 48.6. The van der Waals surface area contributed by atoms with Crippen LogP contribution in [0.4, 0.5) is 0 Å². The summed E-state index contributed by atoms with van der Waals surface area (Å²) in [5.74, 6) is 0. The topological polar surface area (TPSA) is 51.6 Å². The molecule has 0 fully saturated rings. The van der Waals surface area contributed by atoms with Crippen LogP contribution < -0.4 is 0 Å². The molecule has 3 aromatic carbocycles. The number of aryl methyl sites for hydroxylation is 2. The third kappa shape index (κ3) is 30.5. The largest absolute Gasteiger partial charge is 0.173 e. The van der Waals surface area contributed by atoms with E-state index in [1.807, 2.05) is 0 Å². The van der Waals surface area contributed by atoms with Gasteiger partial charge in [0.05, 0.1) is 23.5 Å². The van der Waals surface area contributed by atoms with Crippen molar-refractivity contribution in [2.75, 3.05) is 0 Å². The Morgan fingerprint density at radius 1 is 0.202 bits per heavy atom. The van der Waals surface area contributed by atoms with Gasteiger partial charge in [0, 0.05) is 22.0 Å². The molecule has 2 aliphatic carbocycles. The maximum Gasteiger partial charge on any atom is 0.113 e. The van der Waals surface area contributed by atoms with Gasteiger partial charge in [-0.15, -0.1) is 0 Å². The summed E-state index contributed by atoms with van der Waals surface area (Å²) in [5, 5.41) is 0. The minimum atomic E-state index is -0.0517. The van der Waals surface area contributed by atoms with E-state index >= 15 is 0 Å². The highest BCUT2D eigenvalue weighted by atomic mass is 32.1. The van der Waals surface area contributed by atoms with Crippen LogP contribution >= 0.6 is 23.5 Å². The van der Waals surface area contributed by atoms with Crippen LogP contribution in [0.3, 0.4) is 0 Å². The maximum absolute atomic E-state index is 5.36. The number of hydrogen-bond donors (Lipinski definition) is 0. The van der Waals surface area contributed by atoms with E-state index in [4.69, 9.17) is 17.5 Å². The number of unbranched alkanes of at least 4 members (excludes halogenated alkanes) is 64. The van der Waals surface area contributed by atoms with Crippen molar-refractivity contribution in [3.8, 4) is 22.3 Å². The summed E-state index contributed by atoms with van der Waals surface area (Å²) in [6.07, 6.45) is 101. The van der Waals surface area contributed by atoms with Crippen molar-refractivity contribution in [3.05, 3.63) is 57.6 Å². The van der Waals surface area contributed by atoms with Gasteiger partial charge in [-0.2, -0.15) is 17.5 Å². The number of hydrogen-bond acceptors (Lipinski definition) is 6. The molecule has 0 spiro atoms. The minimum absolute atomic E-state index is 0.0517. The molecule has 0 saturated heterocycles. The monoisotopic (exact) mass is 1460 g/mol. The average Bonchev–Trinajstić information content (AvgIpc) is 1.52. The van der Waals surface area contributed by atoms with Crippen molar-refractivity contribution >= 4 is 45.5 Å². The zero-order chi connectivity index (χ0) is 73.1. The summed E-state index contributed by atoms with van der Waals surface area (Å²) in [6.45, 7) is 14.0. The molecule has 0 aliphatic heterocycles. The van der Waals surface area contributed by atoms with Gasteiger partial charge in [-0.25, -0.2) is 0 Å². The summed E-state index contributed by atoms with van der Waals surface area (Å²) < 4.78 is 21.0. The summed E-state index contributed by atoms with van der Waals surface area (Å²) in [5.41, 5.74) is 19.6. The first kappa shape index (κ1) is 88.5.